The number of alkyl halides is 3. The zero-order chi connectivity index (χ0) is 28.2. The number of benzene rings is 1. The van der Waals surface area contributed by atoms with Crippen LogP contribution in [0.25, 0.3) is 0 Å². The summed E-state index contributed by atoms with van der Waals surface area (Å²) in [6.07, 6.45) is -4.95. The van der Waals surface area contributed by atoms with Crippen molar-refractivity contribution >= 4 is 23.4 Å². The lowest BCUT2D eigenvalue weighted by atomic mass is 9.76. The van der Waals surface area contributed by atoms with E-state index in [1.807, 2.05) is 0 Å². The Morgan fingerprint density at radius 3 is 2.37 bits per heavy atom. The molecule has 13 heteroatoms. The smallest absolute Gasteiger partial charge is 0.417 e. The standard InChI is InChI=1S/C25H24F5N3O5/c1-11-17(14-6-7-15(26)18(27)19(14)37-3)20(38-24(11,2)25(28,29)30)23(36)33(22(35)12-4-5-12)13-8-9-32-16(10-13)21(31)34/h6-12,17,20H,4-5H2,1-3H3,(H2,31,34)/t11-,17-,20+,24+/m0/s1. The van der Waals surface area contributed by atoms with E-state index in [4.69, 9.17) is 15.2 Å². The van der Waals surface area contributed by atoms with E-state index in [9.17, 15) is 36.3 Å². The lowest BCUT2D eigenvalue weighted by Crippen LogP contribution is -2.49. The van der Waals surface area contributed by atoms with E-state index in [0.29, 0.717) is 23.8 Å². The van der Waals surface area contributed by atoms with Crippen molar-refractivity contribution in [1.29, 1.82) is 0 Å². The fourth-order valence-corrected chi connectivity index (χ4v) is 4.72. The van der Waals surface area contributed by atoms with Crippen molar-refractivity contribution in [3.05, 3.63) is 53.4 Å². The maximum absolute atomic E-state index is 14.6. The summed E-state index contributed by atoms with van der Waals surface area (Å²) in [5.41, 5.74) is 1.69. The number of nitrogens with zero attached hydrogens (tertiary/aromatic N) is 2. The number of aromatic nitrogens is 1. The first kappa shape index (κ1) is 27.4. The van der Waals surface area contributed by atoms with Crippen LogP contribution in [0, 0.1) is 23.5 Å². The average molecular weight is 541 g/mol. The third kappa shape index (κ3) is 4.48. The minimum atomic E-state index is -4.98. The number of rotatable bonds is 6. The van der Waals surface area contributed by atoms with Crippen molar-refractivity contribution < 1.29 is 45.8 Å². The number of nitrogens with two attached hydrogens (primary N) is 1. The molecule has 2 heterocycles. The molecular weight excluding hydrogens is 517 g/mol. The predicted molar refractivity (Wildman–Crippen MR) is 122 cm³/mol. The second-order valence-corrected chi connectivity index (χ2v) is 9.49. The Kier molecular flexibility index (Phi) is 6.93. The van der Waals surface area contributed by atoms with Gasteiger partial charge < -0.3 is 15.2 Å². The molecule has 2 fully saturated rings. The number of carbonyl (C=O) groups is 3. The molecule has 1 aromatic carbocycles. The second-order valence-electron chi connectivity index (χ2n) is 9.49. The minimum Gasteiger partial charge on any atom is -0.493 e. The highest BCUT2D eigenvalue weighted by Crippen LogP contribution is 2.55. The summed E-state index contributed by atoms with van der Waals surface area (Å²) in [4.78, 5) is 43.3. The summed E-state index contributed by atoms with van der Waals surface area (Å²) in [5.74, 6) is -9.89. The Balaban J connectivity index is 1.88. The Morgan fingerprint density at radius 2 is 1.82 bits per heavy atom. The maximum atomic E-state index is 14.6. The van der Waals surface area contributed by atoms with Crippen molar-refractivity contribution in [2.24, 2.45) is 17.6 Å². The Labute approximate surface area is 213 Å². The Morgan fingerprint density at radius 1 is 1.16 bits per heavy atom. The number of hydrogen-bond acceptors (Lipinski definition) is 6. The number of methoxy groups -OCH3 is 1. The van der Waals surface area contributed by atoms with Gasteiger partial charge in [-0.05, 0) is 38.0 Å². The molecule has 8 nitrogen and oxygen atoms in total. The van der Waals surface area contributed by atoms with E-state index < -0.39 is 70.7 Å². The van der Waals surface area contributed by atoms with Gasteiger partial charge in [-0.3, -0.25) is 19.4 Å². The van der Waals surface area contributed by atoms with E-state index in [-0.39, 0.29) is 16.9 Å². The number of amides is 3. The highest BCUT2D eigenvalue weighted by molar-refractivity contribution is 6.18. The number of pyridine rings is 1. The molecule has 1 saturated heterocycles. The minimum absolute atomic E-state index is 0.149. The van der Waals surface area contributed by atoms with E-state index in [1.54, 1.807) is 0 Å². The van der Waals surface area contributed by atoms with Crippen LogP contribution in [0.15, 0.2) is 30.5 Å². The maximum Gasteiger partial charge on any atom is 0.417 e. The number of imide groups is 1. The first-order chi connectivity index (χ1) is 17.7. The number of halogens is 5. The number of ether oxygens (including phenoxy) is 2. The van der Waals surface area contributed by atoms with E-state index in [0.717, 1.165) is 39.3 Å². The van der Waals surface area contributed by atoms with Crippen LogP contribution < -0.4 is 15.4 Å². The molecule has 3 amide bonds. The van der Waals surface area contributed by atoms with Crippen LogP contribution in [-0.2, 0) is 14.3 Å². The lowest BCUT2D eigenvalue weighted by Gasteiger charge is -2.32. The molecule has 1 aliphatic heterocycles. The summed E-state index contributed by atoms with van der Waals surface area (Å²) in [5, 5.41) is 0. The molecule has 1 saturated carbocycles. The van der Waals surface area contributed by atoms with Gasteiger partial charge in [0.05, 0.1) is 12.8 Å². The molecule has 4 atom stereocenters. The number of hydrogen-bond donors (Lipinski definition) is 1. The van der Waals surface area contributed by atoms with Crippen molar-refractivity contribution in [3.8, 4) is 5.75 Å². The topological polar surface area (TPSA) is 112 Å². The first-order valence-electron chi connectivity index (χ1n) is 11.6. The highest BCUT2D eigenvalue weighted by atomic mass is 19.4. The van der Waals surface area contributed by atoms with Gasteiger partial charge in [0.15, 0.2) is 17.2 Å². The van der Waals surface area contributed by atoms with Crippen LogP contribution in [0.4, 0.5) is 27.6 Å². The third-order valence-electron chi connectivity index (χ3n) is 7.18. The van der Waals surface area contributed by atoms with Crippen molar-refractivity contribution in [1.82, 2.24) is 4.98 Å². The molecular formula is C25H24F5N3O5. The van der Waals surface area contributed by atoms with Crippen molar-refractivity contribution in [2.45, 2.75) is 50.5 Å². The molecule has 0 radical (unpaired) electrons. The van der Waals surface area contributed by atoms with Crippen LogP contribution in [0.5, 0.6) is 5.75 Å². The average Bonchev–Trinajstić information content (AvgIpc) is 3.66. The number of primary amides is 1. The van der Waals surface area contributed by atoms with Gasteiger partial charge in [-0.1, -0.05) is 13.0 Å². The summed E-state index contributed by atoms with van der Waals surface area (Å²) >= 11 is 0. The fourth-order valence-electron chi connectivity index (χ4n) is 4.72. The van der Waals surface area contributed by atoms with Crippen molar-refractivity contribution in [2.75, 3.05) is 12.0 Å². The third-order valence-corrected chi connectivity index (χ3v) is 7.18. The molecule has 38 heavy (non-hydrogen) atoms. The van der Waals surface area contributed by atoms with Gasteiger partial charge in [0, 0.05) is 29.5 Å². The Hall–Kier alpha value is -3.61. The van der Waals surface area contributed by atoms with Crippen LogP contribution in [0.2, 0.25) is 0 Å². The summed E-state index contributed by atoms with van der Waals surface area (Å²) in [7, 11) is 1.01. The molecule has 204 valence electrons. The quantitative estimate of drug-likeness (QED) is 0.439. The van der Waals surface area contributed by atoms with Gasteiger partial charge in [0.2, 0.25) is 11.7 Å². The molecule has 2 aliphatic rings. The summed E-state index contributed by atoms with van der Waals surface area (Å²) < 4.78 is 81.8. The number of carbonyl (C=O) groups excluding carboxylic acids is 3. The van der Waals surface area contributed by atoms with Gasteiger partial charge in [-0.15, -0.1) is 0 Å². The Bertz CT molecular complexity index is 1300. The van der Waals surface area contributed by atoms with Crippen LogP contribution in [0.3, 0.4) is 0 Å². The van der Waals surface area contributed by atoms with Crippen LogP contribution in [-0.4, -0.2) is 47.7 Å². The molecule has 1 aliphatic carbocycles. The molecule has 2 N–H and O–H groups in total. The molecule has 1 aromatic heterocycles. The first-order valence-corrected chi connectivity index (χ1v) is 11.6. The molecule has 0 bridgehead atoms. The lowest BCUT2D eigenvalue weighted by molar-refractivity contribution is -0.272. The van der Waals surface area contributed by atoms with Gasteiger partial charge in [-0.2, -0.15) is 17.6 Å². The van der Waals surface area contributed by atoms with E-state index in [1.165, 1.54) is 6.07 Å². The zero-order valence-corrected chi connectivity index (χ0v) is 20.5. The molecule has 2 aromatic rings. The molecule has 0 unspecified atom stereocenters. The van der Waals surface area contributed by atoms with Gasteiger partial charge in [-0.25, -0.2) is 9.29 Å². The van der Waals surface area contributed by atoms with Gasteiger partial charge in [0.25, 0.3) is 11.8 Å². The van der Waals surface area contributed by atoms with Crippen LogP contribution in [0.1, 0.15) is 48.7 Å². The number of anilines is 1. The van der Waals surface area contributed by atoms with Gasteiger partial charge >= 0.3 is 6.18 Å². The zero-order valence-electron chi connectivity index (χ0n) is 20.5. The molecule has 0 spiro atoms. The van der Waals surface area contributed by atoms with E-state index >= 15 is 0 Å². The monoisotopic (exact) mass is 541 g/mol. The van der Waals surface area contributed by atoms with Crippen LogP contribution >= 0.6 is 0 Å². The second kappa shape index (κ2) is 9.61. The van der Waals surface area contributed by atoms with Gasteiger partial charge in [0.1, 0.15) is 11.8 Å². The summed E-state index contributed by atoms with van der Waals surface area (Å²) in [6.45, 7) is 1.91. The summed E-state index contributed by atoms with van der Waals surface area (Å²) in [6, 6.07) is 4.02. The molecule has 4 rings (SSSR count). The van der Waals surface area contributed by atoms with Crippen molar-refractivity contribution in [3.63, 3.8) is 0 Å². The highest BCUT2D eigenvalue weighted by Gasteiger charge is 2.66. The predicted octanol–water partition coefficient (Wildman–Crippen LogP) is 3.88. The fraction of sp³-hybridized carbons (Fsp3) is 0.440. The normalized spacial score (nSPS) is 25.2. The largest absolute Gasteiger partial charge is 0.493 e. The SMILES string of the molecule is COc1c([C@H]2[C@H](C(=O)N(C(=O)C3CC3)c3ccnc(C(N)=O)c3)O[C@@](C)(C(F)(F)F)[C@H]2C)ccc(F)c1F. The van der Waals surface area contributed by atoms with E-state index in [2.05, 4.69) is 4.98 Å².